The maximum atomic E-state index is 5.17. The monoisotopic (exact) mass is 142 g/mol. The smallest absolute Gasteiger partial charge is 0.316 e. The van der Waals surface area contributed by atoms with Gasteiger partial charge in [-0.2, -0.15) is 0 Å². The molecule has 3 N–H and O–H groups in total. The molecule has 10 heavy (non-hydrogen) atoms. The zero-order valence-electron chi connectivity index (χ0n) is 5.79. The van der Waals surface area contributed by atoms with Crippen molar-refractivity contribution < 1.29 is 4.42 Å². The number of nitrogens with one attached hydrogen (secondary N) is 1. The van der Waals surface area contributed by atoms with Crippen molar-refractivity contribution in [3.8, 4) is 0 Å². The molecule has 0 atom stereocenters. The largest absolute Gasteiger partial charge is 0.390 e. The van der Waals surface area contributed by atoms with Gasteiger partial charge in [0.1, 0.15) is 0 Å². The molecule has 0 saturated carbocycles. The Morgan fingerprint density at radius 3 is 2.90 bits per heavy atom. The number of aromatic nitrogens is 2. The average molecular weight is 142 g/mol. The lowest BCUT2D eigenvalue weighted by atomic mass is 10.5. The van der Waals surface area contributed by atoms with Gasteiger partial charge in [0, 0.05) is 6.54 Å². The minimum Gasteiger partial charge on any atom is -0.390 e. The molecule has 0 aliphatic carbocycles. The average Bonchev–Trinajstić information content (AvgIpc) is 2.31. The Kier molecular flexibility index (Phi) is 2.09. The van der Waals surface area contributed by atoms with Gasteiger partial charge in [-0.25, -0.2) is 0 Å². The summed E-state index contributed by atoms with van der Waals surface area (Å²) in [5.74, 6) is 0. The van der Waals surface area contributed by atoms with Crippen molar-refractivity contribution in [3.05, 3.63) is 0 Å². The molecule has 0 spiro atoms. The van der Waals surface area contributed by atoms with Crippen LogP contribution in [0.3, 0.4) is 0 Å². The predicted molar refractivity (Wildman–Crippen MR) is 37.5 cm³/mol. The van der Waals surface area contributed by atoms with Crippen molar-refractivity contribution in [3.63, 3.8) is 0 Å². The zero-order chi connectivity index (χ0) is 7.40. The summed E-state index contributed by atoms with van der Waals surface area (Å²) >= 11 is 0. The van der Waals surface area contributed by atoms with E-state index in [2.05, 4.69) is 15.5 Å². The molecule has 1 aromatic rings. The van der Waals surface area contributed by atoms with Gasteiger partial charge >= 0.3 is 12.0 Å². The van der Waals surface area contributed by atoms with E-state index >= 15 is 0 Å². The number of nitrogen functional groups attached to an aromatic ring is 1. The first kappa shape index (κ1) is 6.85. The highest BCUT2D eigenvalue weighted by atomic mass is 16.4. The predicted octanol–water partition coefficient (Wildman–Crippen LogP) is 0.474. The molecule has 0 aliphatic heterocycles. The summed E-state index contributed by atoms with van der Waals surface area (Å²) in [6.45, 7) is 2.87. The summed E-state index contributed by atoms with van der Waals surface area (Å²) < 4.78 is 4.83. The van der Waals surface area contributed by atoms with Crippen LogP contribution in [-0.4, -0.2) is 16.7 Å². The second-order valence-corrected chi connectivity index (χ2v) is 1.87. The van der Waals surface area contributed by atoms with Gasteiger partial charge in [0.15, 0.2) is 0 Å². The minimum atomic E-state index is 0.0959. The van der Waals surface area contributed by atoms with E-state index in [0.29, 0.717) is 6.01 Å². The zero-order valence-corrected chi connectivity index (χ0v) is 5.79. The molecule has 0 fully saturated rings. The summed E-state index contributed by atoms with van der Waals surface area (Å²) in [4.78, 5) is 0. The van der Waals surface area contributed by atoms with Crippen molar-refractivity contribution in [2.45, 2.75) is 13.3 Å². The highest BCUT2D eigenvalue weighted by Crippen LogP contribution is 2.04. The molecule has 0 saturated heterocycles. The van der Waals surface area contributed by atoms with Crippen LogP contribution in [-0.2, 0) is 0 Å². The molecule has 5 heteroatoms. The standard InChI is InChI=1S/C5H10N4O/c1-2-3-7-5-9-8-4(6)10-5/h2-3H2,1H3,(H2,6,8)(H,7,9). The van der Waals surface area contributed by atoms with Gasteiger partial charge in [0.05, 0.1) is 0 Å². The molecule has 56 valence electrons. The highest BCUT2D eigenvalue weighted by Gasteiger charge is 1.98. The molecule has 1 rings (SSSR count). The lowest BCUT2D eigenvalue weighted by Gasteiger charge is -1.93. The van der Waals surface area contributed by atoms with Crippen LogP contribution >= 0.6 is 0 Å². The number of anilines is 2. The second-order valence-electron chi connectivity index (χ2n) is 1.87. The number of nitrogens with zero attached hydrogens (tertiary/aromatic N) is 2. The Morgan fingerprint density at radius 2 is 2.40 bits per heavy atom. The third kappa shape index (κ3) is 1.61. The molecule has 0 aromatic carbocycles. The van der Waals surface area contributed by atoms with Crippen LogP contribution in [0.1, 0.15) is 13.3 Å². The van der Waals surface area contributed by atoms with Crippen LogP contribution in [0.25, 0.3) is 0 Å². The molecule has 0 amide bonds. The Bertz CT molecular complexity index is 197. The van der Waals surface area contributed by atoms with Gasteiger partial charge in [-0.1, -0.05) is 17.1 Å². The maximum absolute atomic E-state index is 5.17. The molecular formula is C5H10N4O. The summed E-state index contributed by atoms with van der Waals surface area (Å²) in [5.41, 5.74) is 5.17. The molecule has 1 aromatic heterocycles. The topological polar surface area (TPSA) is 77.0 Å². The molecule has 0 bridgehead atoms. The Labute approximate surface area is 58.6 Å². The van der Waals surface area contributed by atoms with Crippen molar-refractivity contribution in [2.24, 2.45) is 0 Å². The van der Waals surface area contributed by atoms with E-state index in [4.69, 9.17) is 10.2 Å². The molecule has 0 unspecified atom stereocenters. The summed E-state index contributed by atoms with van der Waals surface area (Å²) in [6.07, 6.45) is 1.02. The van der Waals surface area contributed by atoms with E-state index in [-0.39, 0.29) is 6.01 Å². The van der Waals surface area contributed by atoms with Gasteiger partial charge < -0.3 is 15.5 Å². The van der Waals surface area contributed by atoms with Crippen LogP contribution in [0, 0.1) is 0 Å². The van der Waals surface area contributed by atoms with E-state index in [9.17, 15) is 0 Å². The minimum absolute atomic E-state index is 0.0959. The van der Waals surface area contributed by atoms with E-state index in [1.807, 2.05) is 6.92 Å². The third-order valence-corrected chi connectivity index (χ3v) is 0.967. The molecule has 0 aliphatic rings. The fourth-order valence-corrected chi connectivity index (χ4v) is 0.538. The first-order chi connectivity index (χ1) is 4.83. The Morgan fingerprint density at radius 1 is 1.60 bits per heavy atom. The third-order valence-electron chi connectivity index (χ3n) is 0.967. The second kappa shape index (κ2) is 3.05. The Hall–Kier alpha value is -1.26. The number of rotatable bonds is 3. The molecule has 0 radical (unpaired) electrons. The summed E-state index contributed by atoms with van der Waals surface area (Å²) in [5, 5.41) is 9.96. The maximum Gasteiger partial charge on any atom is 0.316 e. The van der Waals surface area contributed by atoms with Crippen molar-refractivity contribution >= 4 is 12.0 Å². The molecule has 5 nitrogen and oxygen atoms in total. The number of hydrogen-bond donors (Lipinski definition) is 2. The van der Waals surface area contributed by atoms with Crippen molar-refractivity contribution in [2.75, 3.05) is 17.6 Å². The van der Waals surface area contributed by atoms with E-state index < -0.39 is 0 Å². The first-order valence-electron chi connectivity index (χ1n) is 3.15. The van der Waals surface area contributed by atoms with E-state index in [1.165, 1.54) is 0 Å². The van der Waals surface area contributed by atoms with E-state index in [1.54, 1.807) is 0 Å². The first-order valence-corrected chi connectivity index (χ1v) is 3.15. The quantitative estimate of drug-likeness (QED) is 0.641. The summed E-state index contributed by atoms with van der Waals surface area (Å²) in [6, 6.07) is 0.484. The molecular weight excluding hydrogens is 132 g/mol. The highest BCUT2D eigenvalue weighted by molar-refractivity contribution is 5.21. The van der Waals surface area contributed by atoms with E-state index in [0.717, 1.165) is 13.0 Å². The molecule has 1 heterocycles. The fourth-order valence-electron chi connectivity index (χ4n) is 0.538. The van der Waals surface area contributed by atoms with Gasteiger partial charge in [-0.15, -0.1) is 0 Å². The number of nitrogens with two attached hydrogens (primary N) is 1. The van der Waals surface area contributed by atoms with Crippen LogP contribution in [0.5, 0.6) is 0 Å². The van der Waals surface area contributed by atoms with Crippen LogP contribution in [0.15, 0.2) is 4.42 Å². The van der Waals surface area contributed by atoms with Gasteiger partial charge in [-0.3, -0.25) is 0 Å². The normalized spacial score (nSPS) is 9.70. The van der Waals surface area contributed by atoms with Crippen molar-refractivity contribution in [1.29, 1.82) is 0 Å². The SMILES string of the molecule is CCCNc1nnc(N)o1. The van der Waals surface area contributed by atoms with Gasteiger partial charge in [0.2, 0.25) is 0 Å². The van der Waals surface area contributed by atoms with Crippen LogP contribution < -0.4 is 11.1 Å². The lowest BCUT2D eigenvalue weighted by molar-refractivity contribution is 0.586. The van der Waals surface area contributed by atoms with Gasteiger partial charge in [-0.05, 0) is 6.42 Å². The van der Waals surface area contributed by atoms with Crippen LogP contribution in [0.2, 0.25) is 0 Å². The van der Waals surface area contributed by atoms with Crippen molar-refractivity contribution in [1.82, 2.24) is 10.2 Å². The van der Waals surface area contributed by atoms with Crippen LogP contribution in [0.4, 0.5) is 12.0 Å². The lowest BCUT2D eigenvalue weighted by Crippen LogP contribution is -1.99. The Balaban J connectivity index is 2.42. The fraction of sp³-hybridized carbons (Fsp3) is 0.600. The number of hydrogen-bond acceptors (Lipinski definition) is 5. The summed E-state index contributed by atoms with van der Waals surface area (Å²) in [7, 11) is 0. The van der Waals surface area contributed by atoms with Gasteiger partial charge in [0.25, 0.3) is 0 Å².